The number of anilines is 1. The largest absolute Gasteiger partial charge is 0.493 e. The fourth-order valence-electron chi connectivity index (χ4n) is 6.29. The lowest BCUT2D eigenvalue weighted by Gasteiger charge is -2.33. The maximum absolute atomic E-state index is 13.9. The lowest BCUT2D eigenvalue weighted by Crippen LogP contribution is -2.27. The Morgan fingerprint density at radius 3 is 1.98 bits per heavy atom. The van der Waals surface area contributed by atoms with Gasteiger partial charge in [-0.1, -0.05) is 6.07 Å². The lowest BCUT2D eigenvalue weighted by molar-refractivity contribution is 0.230. The summed E-state index contributed by atoms with van der Waals surface area (Å²) in [5.41, 5.74) is 4.15. The third-order valence-corrected chi connectivity index (χ3v) is 7.99. The van der Waals surface area contributed by atoms with Gasteiger partial charge >= 0.3 is 5.63 Å². The molecule has 2 aliphatic rings. The zero-order chi connectivity index (χ0) is 31.3. The minimum atomic E-state index is -0.444. The first-order valence-electron chi connectivity index (χ1n) is 14.6. The first-order valence-corrected chi connectivity index (χ1v) is 14.6. The van der Waals surface area contributed by atoms with Crippen LogP contribution in [0.25, 0.3) is 17.0 Å². The smallest absolute Gasteiger partial charge is 0.360 e. The summed E-state index contributed by atoms with van der Waals surface area (Å²) in [6.45, 7) is 7.83. The van der Waals surface area contributed by atoms with Crippen LogP contribution in [0.3, 0.4) is 0 Å². The molecule has 0 spiro atoms. The molecule has 2 unspecified atom stereocenters. The second kappa shape index (κ2) is 11.4. The highest BCUT2D eigenvalue weighted by Crippen LogP contribution is 2.57. The second-order valence-corrected chi connectivity index (χ2v) is 11.4. The van der Waals surface area contributed by atoms with E-state index in [1.165, 1.54) is 0 Å². The summed E-state index contributed by atoms with van der Waals surface area (Å²) in [6.07, 6.45) is 3.80. The SMILES string of the molecule is COc1ccc(C2c3c(c(=O)oc4cc(OC(C)C)c(OC)cc34)N3C=Cc4cc(OC(C)C)c(OC)cc4C23)cc1OC. The van der Waals surface area contributed by atoms with Crippen LogP contribution in [0.5, 0.6) is 34.5 Å². The Morgan fingerprint density at radius 2 is 1.34 bits per heavy atom. The van der Waals surface area contributed by atoms with E-state index in [1.54, 1.807) is 34.5 Å². The van der Waals surface area contributed by atoms with Crippen LogP contribution in [0.4, 0.5) is 5.69 Å². The molecular weight excluding hydrogens is 562 g/mol. The molecule has 0 N–H and O–H groups in total. The van der Waals surface area contributed by atoms with Crippen molar-refractivity contribution >= 4 is 22.7 Å². The highest BCUT2D eigenvalue weighted by molar-refractivity contribution is 5.92. The summed E-state index contributed by atoms with van der Waals surface area (Å²) < 4.78 is 40.9. The van der Waals surface area contributed by atoms with Crippen LogP contribution in [0, 0.1) is 0 Å². The molecule has 3 heterocycles. The molecule has 0 radical (unpaired) electrons. The van der Waals surface area contributed by atoms with Crippen molar-refractivity contribution in [2.45, 2.75) is 51.9 Å². The van der Waals surface area contributed by atoms with Crippen molar-refractivity contribution in [2.24, 2.45) is 0 Å². The van der Waals surface area contributed by atoms with E-state index in [2.05, 4.69) is 0 Å². The Hall–Kier alpha value is -4.79. The molecule has 0 saturated carbocycles. The minimum Gasteiger partial charge on any atom is -0.493 e. The van der Waals surface area contributed by atoms with Gasteiger partial charge in [0.05, 0.1) is 46.7 Å². The maximum atomic E-state index is 13.9. The zero-order valence-electron chi connectivity index (χ0n) is 26.2. The summed E-state index contributed by atoms with van der Waals surface area (Å²) in [6, 6.07) is 13.2. The van der Waals surface area contributed by atoms with Gasteiger partial charge in [-0.15, -0.1) is 0 Å². The number of methoxy groups -OCH3 is 4. The average molecular weight is 600 g/mol. The number of benzene rings is 3. The van der Waals surface area contributed by atoms with Crippen LogP contribution < -0.4 is 38.9 Å². The molecule has 0 fully saturated rings. The van der Waals surface area contributed by atoms with Crippen LogP contribution in [-0.4, -0.2) is 40.6 Å². The predicted molar refractivity (Wildman–Crippen MR) is 169 cm³/mol. The topological polar surface area (TPSA) is 88.8 Å². The van der Waals surface area contributed by atoms with E-state index in [9.17, 15) is 4.79 Å². The molecule has 9 heteroatoms. The molecule has 3 aromatic carbocycles. The predicted octanol–water partition coefficient (Wildman–Crippen LogP) is 7.08. The molecular formula is C35H37NO8. The molecule has 6 rings (SSSR count). The highest BCUT2D eigenvalue weighted by Gasteiger charge is 2.46. The van der Waals surface area contributed by atoms with Gasteiger partial charge in [0.2, 0.25) is 0 Å². The van der Waals surface area contributed by atoms with Crippen molar-refractivity contribution in [3.8, 4) is 34.5 Å². The third kappa shape index (κ3) is 4.76. The van der Waals surface area contributed by atoms with Gasteiger partial charge in [0.15, 0.2) is 34.5 Å². The molecule has 2 atom stereocenters. The molecule has 1 aromatic heterocycles. The Balaban J connectivity index is 1.66. The second-order valence-electron chi connectivity index (χ2n) is 11.4. The van der Waals surface area contributed by atoms with Crippen LogP contribution >= 0.6 is 0 Å². The van der Waals surface area contributed by atoms with E-state index in [1.807, 2.05) is 81.3 Å². The molecule has 2 aliphatic heterocycles. The van der Waals surface area contributed by atoms with Gasteiger partial charge < -0.3 is 37.7 Å². The molecule has 230 valence electrons. The van der Waals surface area contributed by atoms with Crippen LogP contribution in [0.1, 0.15) is 61.9 Å². The Kier molecular flexibility index (Phi) is 7.57. The fourth-order valence-corrected chi connectivity index (χ4v) is 6.29. The van der Waals surface area contributed by atoms with Gasteiger partial charge in [-0.3, -0.25) is 0 Å². The minimum absolute atomic E-state index is 0.0307. The Bertz CT molecular complexity index is 1820. The normalized spacial score (nSPS) is 16.5. The summed E-state index contributed by atoms with van der Waals surface area (Å²) >= 11 is 0. The van der Waals surface area contributed by atoms with Crippen molar-refractivity contribution in [3.63, 3.8) is 0 Å². The molecule has 9 nitrogen and oxygen atoms in total. The third-order valence-electron chi connectivity index (χ3n) is 7.99. The Labute approximate surface area is 256 Å². The summed E-state index contributed by atoms with van der Waals surface area (Å²) in [7, 11) is 6.45. The number of fused-ring (bicyclic) bond motifs is 7. The standard InChI is InChI=1S/C35H37NO8/c1-18(2)42-29-13-20-11-12-36-33(22(20)15-27(29)40-7)31(21-9-10-24(38-5)26(14-21)39-6)32-23-16-28(41-8)30(43-19(3)4)17-25(23)44-35(37)34(32)36/h9-19,31,33H,1-8H3. The number of hydrogen-bond donors (Lipinski definition) is 0. The van der Waals surface area contributed by atoms with Crippen molar-refractivity contribution < 1.29 is 32.8 Å². The van der Waals surface area contributed by atoms with Crippen LogP contribution in [0.2, 0.25) is 0 Å². The van der Waals surface area contributed by atoms with E-state index in [4.69, 9.17) is 32.8 Å². The number of hydrogen-bond acceptors (Lipinski definition) is 9. The van der Waals surface area contributed by atoms with Crippen LogP contribution in [-0.2, 0) is 0 Å². The van der Waals surface area contributed by atoms with Crippen molar-refractivity contribution in [1.29, 1.82) is 0 Å². The van der Waals surface area contributed by atoms with E-state index < -0.39 is 5.63 Å². The van der Waals surface area contributed by atoms with E-state index >= 15 is 0 Å². The zero-order valence-corrected chi connectivity index (χ0v) is 26.2. The number of nitrogens with zero attached hydrogens (tertiary/aromatic N) is 1. The quantitative estimate of drug-likeness (QED) is 0.187. The molecule has 44 heavy (non-hydrogen) atoms. The summed E-state index contributed by atoms with van der Waals surface area (Å²) in [4.78, 5) is 15.9. The van der Waals surface area contributed by atoms with Gasteiger partial charge in [-0.25, -0.2) is 4.79 Å². The van der Waals surface area contributed by atoms with Gasteiger partial charge in [-0.2, -0.15) is 0 Å². The van der Waals surface area contributed by atoms with Gasteiger partial charge in [0.1, 0.15) is 11.3 Å². The average Bonchev–Trinajstić information content (AvgIpc) is 3.36. The molecule has 0 aliphatic carbocycles. The number of ether oxygens (including phenoxy) is 6. The first kappa shape index (κ1) is 29.3. The maximum Gasteiger partial charge on any atom is 0.360 e. The Morgan fingerprint density at radius 1 is 0.727 bits per heavy atom. The van der Waals surface area contributed by atoms with Crippen molar-refractivity contribution in [3.05, 3.63) is 81.3 Å². The van der Waals surface area contributed by atoms with E-state index in [-0.39, 0.29) is 24.2 Å². The van der Waals surface area contributed by atoms with Gasteiger partial charge in [0.25, 0.3) is 0 Å². The lowest BCUT2D eigenvalue weighted by atomic mass is 9.81. The van der Waals surface area contributed by atoms with Crippen LogP contribution in [0.15, 0.2) is 57.9 Å². The van der Waals surface area contributed by atoms with Gasteiger partial charge in [0, 0.05) is 29.1 Å². The molecule has 0 amide bonds. The first-order chi connectivity index (χ1) is 21.2. The van der Waals surface area contributed by atoms with Crippen molar-refractivity contribution in [1.82, 2.24) is 0 Å². The molecule has 4 aromatic rings. The monoisotopic (exact) mass is 599 g/mol. The fraction of sp³-hybridized carbons (Fsp3) is 0.343. The summed E-state index contributed by atoms with van der Waals surface area (Å²) in [5, 5.41) is 0.753. The molecule has 0 bridgehead atoms. The van der Waals surface area contributed by atoms with E-state index in [0.29, 0.717) is 45.8 Å². The number of rotatable bonds is 9. The molecule has 0 saturated heterocycles. The highest BCUT2D eigenvalue weighted by atomic mass is 16.5. The summed E-state index contributed by atoms with van der Waals surface area (Å²) in [5.74, 6) is 3.21. The van der Waals surface area contributed by atoms with Gasteiger partial charge in [-0.05, 0) is 80.8 Å². The van der Waals surface area contributed by atoms with E-state index in [0.717, 1.165) is 27.6 Å². The van der Waals surface area contributed by atoms with Crippen molar-refractivity contribution in [2.75, 3.05) is 33.3 Å².